The van der Waals surface area contributed by atoms with Crippen molar-refractivity contribution in [3.05, 3.63) is 0 Å². The number of carbonyl (C=O) groups is 1. The summed E-state index contributed by atoms with van der Waals surface area (Å²) in [6, 6.07) is -0.125. The molecule has 3 nitrogen and oxygen atoms in total. The lowest BCUT2D eigenvalue weighted by atomic mass is 10.0. The number of hydrogen-bond acceptors (Lipinski definition) is 2. The fourth-order valence-corrected chi connectivity index (χ4v) is 1.25. The van der Waals surface area contributed by atoms with E-state index >= 15 is 0 Å². The van der Waals surface area contributed by atoms with Crippen LogP contribution in [-0.4, -0.2) is 30.4 Å². The van der Waals surface area contributed by atoms with Gasteiger partial charge in [0.1, 0.15) is 0 Å². The Morgan fingerprint density at radius 2 is 2.09 bits per heavy atom. The van der Waals surface area contributed by atoms with E-state index in [1.165, 1.54) is 0 Å². The number of likely N-dealkylation sites (N-methyl/N-ethyl adjacent to an activating group) is 1. The molecule has 0 radical (unpaired) electrons. The van der Waals surface area contributed by atoms with Gasteiger partial charge < -0.3 is 5.73 Å². The third kappa shape index (κ3) is 2.89. The summed E-state index contributed by atoms with van der Waals surface area (Å²) in [6.45, 7) is 6.87. The molecule has 0 saturated heterocycles. The average molecular weight is 160 g/mol. The second kappa shape index (κ2) is 4.34. The monoisotopic (exact) mass is 160 g/mol. The molecule has 0 aromatic rings. The molecular weight excluding hydrogens is 140 g/mol. The molecule has 0 aliphatic rings. The van der Waals surface area contributed by atoms with Crippen LogP contribution in [0.5, 0.6) is 0 Å². The number of carbonyl (C=O) groups excluding carboxylic acids is 1. The molecule has 0 aromatic carbocycles. The van der Waals surface area contributed by atoms with Crippen LogP contribution in [0.4, 0.5) is 0 Å². The summed E-state index contributed by atoms with van der Waals surface area (Å²) in [7, 11) is 1.91. The SMILES string of the molecule is CCN(C)[C@H](C(N)=O)C(C)C.[HH]. The van der Waals surface area contributed by atoms with Crippen molar-refractivity contribution >= 4 is 5.91 Å². The van der Waals surface area contributed by atoms with E-state index in [9.17, 15) is 4.79 Å². The third-order valence-electron chi connectivity index (χ3n) is 1.90. The Bertz CT molecular complexity index is 139. The Balaban J connectivity index is 0. The summed E-state index contributed by atoms with van der Waals surface area (Å²) < 4.78 is 0. The first-order chi connectivity index (χ1) is 5.00. The molecule has 11 heavy (non-hydrogen) atoms. The highest BCUT2D eigenvalue weighted by Crippen LogP contribution is 2.07. The summed E-state index contributed by atoms with van der Waals surface area (Å²) in [5.41, 5.74) is 5.23. The number of primary amides is 1. The second-order valence-electron chi connectivity index (χ2n) is 3.16. The first kappa shape index (κ1) is 10.4. The van der Waals surface area contributed by atoms with Crippen molar-refractivity contribution in [1.82, 2.24) is 4.90 Å². The lowest BCUT2D eigenvalue weighted by Crippen LogP contribution is -2.45. The molecule has 0 bridgehead atoms. The van der Waals surface area contributed by atoms with Crippen LogP contribution in [0.2, 0.25) is 0 Å². The highest BCUT2D eigenvalue weighted by molar-refractivity contribution is 5.80. The Labute approximate surface area is 70.0 Å². The van der Waals surface area contributed by atoms with Gasteiger partial charge in [-0.25, -0.2) is 0 Å². The van der Waals surface area contributed by atoms with E-state index in [-0.39, 0.29) is 19.3 Å². The topological polar surface area (TPSA) is 46.3 Å². The van der Waals surface area contributed by atoms with E-state index in [2.05, 4.69) is 0 Å². The van der Waals surface area contributed by atoms with Crippen LogP contribution in [0, 0.1) is 5.92 Å². The van der Waals surface area contributed by atoms with Gasteiger partial charge in [-0.3, -0.25) is 9.69 Å². The van der Waals surface area contributed by atoms with Crippen LogP contribution < -0.4 is 5.73 Å². The van der Waals surface area contributed by atoms with Gasteiger partial charge >= 0.3 is 0 Å². The van der Waals surface area contributed by atoms with Crippen molar-refractivity contribution in [1.29, 1.82) is 0 Å². The molecule has 0 spiro atoms. The molecule has 1 atom stereocenters. The zero-order chi connectivity index (χ0) is 9.02. The minimum atomic E-state index is -0.232. The fraction of sp³-hybridized carbons (Fsp3) is 0.875. The Morgan fingerprint density at radius 3 is 2.18 bits per heavy atom. The second-order valence-corrected chi connectivity index (χ2v) is 3.16. The van der Waals surface area contributed by atoms with Gasteiger partial charge in [0.25, 0.3) is 0 Å². The first-order valence-electron chi connectivity index (χ1n) is 4.00. The molecule has 0 aromatic heterocycles. The summed E-state index contributed by atoms with van der Waals surface area (Å²) in [5.74, 6) is 0.0572. The normalized spacial score (nSPS) is 14.0. The average Bonchev–Trinajstić information content (AvgIpc) is 1.85. The van der Waals surface area contributed by atoms with Crippen molar-refractivity contribution in [2.45, 2.75) is 26.8 Å². The molecule has 0 fully saturated rings. The molecule has 0 saturated carbocycles. The highest BCUT2D eigenvalue weighted by Gasteiger charge is 2.22. The zero-order valence-corrected chi connectivity index (χ0v) is 7.79. The van der Waals surface area contributed by atoms with Crippen molar-refractivity contribution in [2.75, 3.05) is 13.6 Å². The molecule has 0 rings (SSSR count). The highest BCUT2D eigenvalue weighted by atomic mass is 16.1. The summed E-state index contributed by atoms with van der Waals surface area (Å²) in [6.07, 6.45) is 0. The van der Waals surface area contributed by atoms with E-state index < -0.39 is 0 Å². The predicted molar refractivity (Wildman–Crippen MR) is 48.2 cm³/mol. The maximum Gasteiger partial charge on any atom is 0.235 e. The fourth-order valence-electron chi connectivity index (χ4n) is 1.25. The van der Waals surface area contributed by atoms with E-state index in [4.69, 9.17) is 5.73 Å². The molecule has 0 unspecified atom stereocenters. The van der Waals surface area contributed by atoms with Crippen LogP contribution in [-0.2, 0) is 4.79 Å². The lowest BCUT2D eigenvalue weighted by Gasteiger charge is -2.26. The minimum Gasteiger partial charge on any atom is -0.368 e. The van der Waals surface area contributed by atoms with Crippen molar-refractivity contribution < 1.29 is 6.22 Å². The maximum atomic E-state index is 10.9. The van der Waals surface area contributed by atoms with Gasteiger partial charge in [0.15, 0.2) is 0 Å². The van der Waals surface area contributed by atoms with Crippen LogP contribution in [0.1, 0.15) is 22.2 Å². The minimum absolute atomic E-state index is 0. The van der Waals surface area contributed by atoms with Crippen molar-refractivity contribution in [2.24, 2.45) is 11.7 Å². The summed E-state index contributed by atoms with van der Waals surface area (Å²) in [4.78, 5) is 12.9. The summed E-state index contributed by atoms with van der Waals surface area (Å²) >= 11 is 0. The van der Waals surface area contributed by atoms with Crippen LogP contribution in [0.3, 0.4) is 0 Å². The zero-order valence-electron chi connectivity index (χ0n) is 7.79. The number of nitrogens with two attached hydrogens (primary N) is 1. The van der Waals surface area contributed by atoms with Crippen molar-refractivity contribution in [3.63, 3.8) is 0 Å². The van der Waals surface area contributed by atoms with E-state index in [1.807, 2.05) is 32.7 Å². The third-order valence-corrected chi connectivity index (χ3v) is 1.90. The number of rotatable bonds is 4. The van der Waals surface area contributed by atoms with E-state index in [1.54, 1.807) is 0 Å². The van der Waals surface area contributed by atoms with Crippen LogP contribution >= 0.6 is 0 Å². The van der Waals surface area contributed by atoms with Gasteiger partial charge in [-0.15, -0.1) is 0 Å². The summed E-state index contributed by atoms with van der Waals surface area (Å²) in [5, 5.41) is 0. The smallest absolute Gasteiger partial charge is 0.235 e. The Kier molecular flexibility index (Phi) is 4.11. The number of amides is 1. The molecule has 0 aliphatic heterocycles. The maximum absolute atomic E-state index is 10.9. The molecule has 68 valence electrons. The Morgan fingerprint density at radius 1 is 1.64 bits per heavy atom. The van der Waals surface area contributed by atoms with Gasteiger partial charge in [0.05, 0.1) is 6.04 Å². The quantitative estimate of drug-likeness (QED) is 0.658. The predicted octanol–water partition coefficient (Wildman–Crippen LogP) is 0.694. The van der Waals surface area contributed by atoms with E-state index in [0.29, 0.717) is 0 Å². The van der Waals surface area contributed by atoms with Crippen LogP contribution in [0.15, 0.2) is 0 Å². The van der Waals surface area contributed by atoms with Gasteiger partial charge in [-0.2, -0.15) is 0 Å². The van der Waals surface area contributed by atoms with Gasteiger partial charge in [-0.1, -0.05) is 20.8 Å². The molecule has 3 heteroatoms. The lowest BCUT2D eigenvalue weighted by molar-refractivity contribution is -0.124. The molecular formula is C8H20N2O. The Hall–Kier alpha value is -0.570. The largest absolute Gasteiger partial charge is 0.368 e. The molecule has 0 aliphatic carbocycles. The first-order valence-corrected chi connectivity index (χ1v) is 4.00. The van der Waals surface area contributed by atoms with E-state index in [0.717, 1.165) is 6.54 Å². The van der Waals surface area contributed by atoms with Gasteiger partial charge in [0, 0.05) is 1.43 Å². The molecule has 0 heterocycles. The number of hydrogen-bond donors (Lipinski definition) is 1. The van der Waals surface area contributed by atoms with Gasteiger partial charge in [-0.05, 0) is 19.5 Å². The van der Waals surface area contributed by atoms with Crippen LogP contribution in [0.25, 0.3) is 0 Å². The van der Waals surface area contributed by atoms with Crippen molar-refractivity contribution in [3.8, 4) is 0 Å². The standard InChI is InChI=1S/C8H18N2O.H2/c1-5-10(4)7(6(2)3)8(9)11;/h6-7H,5H2,1-4H3,(H2,9,11);1H/t7-;/m0./s1. The molecule has 2 N–H and O–H groups in total. The van der Waals surface area contributed by atoms with Gasteiger partial charge in [0.2, 0.25) is 5.91 Å². The number of nitrogens with zero attached hydrogens (tertiary/aromatic N) is 1. The molecule has 1 amide bonds.